The van der Waals surface area contributed by atoms with Crippen LogP contribution in [0.1, 0.15) is 0 Å². The van der Waals surface area contributed by atoms with Gasteiger partial charge in [0.15, 0.2) is 0 Å². The van der Waals surface area contributed by atoms with Crippen LogP contribution in [-0.2, 0) is 4.84 Å². The lowest BCUT2D eigenvalue weighted by Crippen LogP contribution is -2.26. The minimum atomic E-state index is -0.648. The molecule has 0 bridgehead atoms. The van der Waals surface area contributed by atoms with Gasteiger partial charge in [-0.25, -0.2) is 4.79 Å². The number of amides is 1. The average molecular weight is 116 g/mol. The predicted octanol–water partition coefficient (Wildman–Crippen LogP) is -0.228. The van der Waals surface area contributed by atoms with E-state index in [1.165, 1.54) is 6.08 Å². The van der Waals surface area contributed by atoms with E-state index in [0.29, 0.717) is 6.54 Å². The maximum atomic E-state index is 10.1. The normalized spacial score (nSPS) is 7.62. The van der Waals surface area contributed by atoms with Gasteiger partial charge in [-0.2, -0.15) is 5.90 Å². The van der Waals surface area contributed by atoms with Gasteiger partial charge in [0.25, 0.3) is 0 Å². The van der Waals surface area contributed by atoms with Crippen molar-refractivity contribution >= 4 is 6.09 Å². The topological polar surface area (TPSA) is 64.3 Å². The van der Waals surface area contributed by atoms with Crippen LogP contribution < -0.4 is 11.2 Å². The van der Waals surface area contributed by atoms with Crippen LogP contribution >= 0.6 is 0 Å². The largest absolute Gasteiger partial charge is 0.426 e. The first-order valence-electron chi connectivity index (χ1n) is 2.06. The Kier molecular flexibility index (Phi) is 3.60. The van der Waals surface area contributed by atoms with Crippen molar-refractivity contribution in [2.45, 2.75) is 0 Å². The molecule has 0 aliphatic carbocycles. The van der Waals surface area contributed by atoms with E-state index in [1.54, 1.807) is 0 Å². The number of hydrogen-bond donors (Lipinski definition) is 2. The van der Waals surface area contributed by atoms with E-state index in [4.69, 9.17) is 0 Å². The highest BCUT2D eigenvalue weighted by Gasteiger charge is 1.91. The van der Waals surface area contributed by atoms with Crippen molar-refractivity contribution in [2.75, 3.05) is 6.54 Å². The Balaban J connectivity index is 3.11. The summed E-state index contributed by atoms with van der Waals surface area (Å²) in [4.78, 5) is 13.8. The van der Waals surface area contributed by atoms with Crippen LogP contribution in [0.15, 0.2) is 12.7 Å². The van der Waals surface area contributed by atoms with E-state index in [9.17, 15) is 4.79 Å². The molecule has 0 fully saturated rings. The zero-order valence-electron chi connectivity index (χ0n) is 4.39. The van der Waals surface area contributed by atoms with Crippen LogP contribution in [0.4, 0.5) is 4.79 Å². The second-order valence-corrected chi connectivity index (χ2v) is 1.07. The SMILES string of the molecule is C=CCNC(=O)ON. The van der Waals surface area contributed by atoms with Gasteiger partial charge in [0.2, 0.25) is 0 Å². The molecule has 0 spiro atoms. The van der Waals surface area contributed by atoms with Crippen molar-refractivity contribution in [3.05, 3.63) is 12.7 Å². The number of hydrogen-bond acceptors (Lipinski definition) is 3. The third-order valence-electron chi connectivity index (χ3n) is 0.498. The van der Waals surface area contributed by atoms with Crippen LogP contribution in [0, 0.1) is 0 Å². The lowest BCUT2D eigenvalue weighted by molar-refractivity contribution is 0.149. The monoisotopic (exact) mass is 116 g/mol. The molecule has 8 heavy (non-hydrogen) atoms. The third kappa shape index (κ3) is 3.17. The molecule has 0 aliphatic heterocycles. The summed E-state index contributed by atoms with van der Waals surface area (Å²) in [6, 6.07) is 0. The van der Waals surface area contributed by atoms with E-state index in [1.807, 2.05) is 0 Å². The first-order valence-corrected chi connectivity index (χ1v) is 2.06. The highest BCUT2D eigenvalue weighted by atomic mass is 16.7. The summed E-state index contributed by atoms with van der Waals surface area (Å²) in [5.41, 5.74) is 0. The molecule has 3 N–H and O–H groups in total. The summed E-state index contributed by atoms with van der Waals surface area (Å²) in [6.07, 6.45) is 0.876. The number of nitrogens with two attached hydrogens (primary N) is 1. The van der Waals surface area contributed by atoms with Crippen LogP contribution in [0.2, 0.25) is 0 Å². The van der Waals surface area contributed by atoms with Gasteiger partial charge in [0.1, 0.15) is 0 Å². The van der Waals surface area contributed by atoms with E-state index in [2.05, 4.69) is 22.6 Å². The lowest BCUT2D eigenvalue weighted by Gasteiger charge is -1.95. The fourth-order valence-electron chi connectivity index (χ4n) is 0.197. The lowest BCUT2D eigenvalue weighted by atomic mass is 10.6. The van der Waals surface area contributed by atoms with Crippen molar-refractivity contribution in [1.29, 1.82) is 0 Å². The van der Waals surface area contributed by atoms with Gasteiger partial charge in [-0.15, -0.1) is 6.58 Å². The van der Waals surface area contributed by atoms with Crippen LogP contribution in [0.5, 0.6) is 0 Å². The Morgan fingerprint density at radius 3 is 3.00 bits per heavy atom. The molecule has 0 aliphatic rings. The predicted molar refractivity (Wildman–Crippen MR) is 28.9 cm³/mol. The molecule has 1 amide bonds. The number of carbonyl (C=O) groups is 1. The van der Waals surface area contributed by atoms with Crippen molar-refractivity contribution < 1.29 is 9.63 Å². The fourth-order valence-corrected chi connectivity index (χ4v) is 0.197. The Morgan fingerprint density at radius 2 is 2.62 bits per heavy atom. The maximum absolute atomic E-state index is 10.1. The van der Waals surface area contributed by atoms with Crippen LogP contribution in [0.3, 0.4) is 0 Å². The second-order valence-electron chi connectivity index (χ2n) is 1.07. The summed E-state index contributed by atoms with van der Waals surface area (Å²) in [7, 11) is 0. The molecule has 0 aromatic carbocycles. The Bertz CT molecular complexity index is 92.0. The van der Waals surface area contributed by atoms with Crippen molar-refractivity contribution in [3.63, 3.8) is 0 Å². The molecular formula is C4H8N2O2. The Labute approximate surface area is 47.3 Å². The molecule has 0 saturated heterocycles. The number of carbonyl (C=O) groups excluding carboxylic acids is 1. The zero-order valence-corrected chi connectivity index (χ0v) is 4.39. The van der Waals surface area contributed by atoms with Gasteiger partial charge in [0, 0.05) is 6.54 Å². The molecule has 46 valence electrons. The fraction of sp³-hybridized carbons (Fsp3) is 0.250. The van der Waals surface area contributed by atoms with E-state index in [-0.39, 0.29) is 0 Å². The molecular weight excluding hydrogens is 108 g/mol. The van der Waals surface area contributed by atoms with E-state index >= 15 is 0 Å². The third-order valence-corrected chi connectivity index (χ3v) is 0.498. The van der Waals surface area contributed by atoms with Gasteiger partial charge in [0.05, 0.1) is 0 Å². The van der Waals surface area contributed by atoms with E-state index < -0.39 is 6.09 Å². The summed E-state index contributed by atoms with van der Waals surface area (Å²) < 4.78 is 0. The minimum absolute atomic E-state index is 0.371. The quantitative estimate of drug-likeness (QED) is 0.387. The number of rotatable bonds is 2. The average Bonchev–Trinajstić information content (AvgIpc) is 1.83. The zero-order chi connectivity index (χ0) is 6.41. The molecule has 0 saturated carbocycles. The second kappa shape index (κ2) is 4.14. The van der Waals surface area contributed by atoms with Crippen molar-refractivity contribution in [1.82, 2.24) is 5.32 Å². The minimum Gasteiger partial charge on any atom is -0.357 e. The first kappa shape index (κ1) is 6.97. The molecule has 0 aromatic rings. The first-order chi connectivity index (χ1) is 3.81. The Morgan fingerprint density at radius 1 is 2.00 bits per heavy atom. The summed E-state index contributed by atoms with van der Waals surface area (Å²) in [5.74, 6) is 4.47. The molecule has 0 radical (unpaired) electrons. The van der Waals surface area contributed by atoms with Gasteiger partial charge in [-0.1, -0.05) is 6.08 Å². The molecule has 0 heterocycles. The molecule has 0 rings (SSSR count). The van der Waals surface area contributed by atoms with E-state index in [0.717, 1.165) is 0 Å². The van der Waals surface area contributed by atoms with Crippen LogP contribution in [-0.4, -0.2) is 12.6 Å². The standard InChI is InChI=1S/C4H8N2O2/c1-2-3-6-4(7)8-5/h2H,1,3,5H2,(H,6,7). The molecule has 0 aromatic heterocycles. The molecule has 4 heteroatoms. The Hall–Kier alpha value is -1.03. The highest BCUT2D eigenvalue weighted by molar-refractivity contribution is 5.66. The van der Waals surface area contributed by atoms with Gasteiger partial charge < -0.3 is 10.2 Å². The summed E-state index contributed by atoms with van der Waals surface area (Å²) >= 11 is 0. The van der Waals surface area contributed by atoms with Crippen LogP contribution in [0.25, 0.3) is 0 Å². The highest BCUT2D eigenvalue weighted by Crippen LogP contribution is 1.65. The smallest absolute Gasteiger partial charge is 0.357 e. The van der Waals surface area contributed by atoms with Gasteiger partial charge in [-0.3, -0.25) is 0 Å². The van der Waals surface area contributed by atoms with Gasteiger partial charge in [-0.05, 0) is 0 Å². The molecule has 0 atom stereocenters. The summed E-state index contributed by atoms with van der Waals surface area (Å²) in [5, 5.41) is 2.28. The molecule has 4 nitrogen and oxygen atoms in total. The van der Waals surface area contributed by atoms with Crippen molar-refractivity contribution in [3.8, 4) is 0 Å². The maximum Gasteiger partial charge on any atom is 0.426 e. The van der Waals surface area contributed by atoms with Gasteiger partial charge >= 0.3 is 6.09 Å². The van der Waals surface area contributed by atoms with Crippen molar-refractivity contribution in [2.24, 2.45) is 5.90 Å². The molecule has 0 unspecified atom stereocenters. The number of nitrogens with one attached hydrogen (secondary N) is 1. The summed E-state index contributed by atoms with van der Waals surface area (Å²) in [6.45, 7) is 3.73.